The molecule has 0 aromatic heterocycles. The normalized spacial score (nSPS) is 21.7. The van der Waals surface area contributed by atoms with Crippen molar-refractivity contribution in [3.05, 3.63) is 101 Å². The van der Waals surface area contributed by atoms with Crippen LogP contribution in [0.25, 0.3) is 0 Å². The van der Waals surface area contributed by atoms with E-state index < -0.39 is 23.0 Å². The number of amides is 3. The molecule has 3 aliphatic rings. The third kappa shape index (κ3) is 8.09. The van der Waals surface area contributed by atoms with Crippen LogP contribution >= 0.6 is 27.0 Å². The number of benzene rings is 3. The first-order valence-electron chi connectivity index (χ1n) is 17.4. The van der Waals surface area contributed by atoms with E-state index in [9.17, 15) is 19.2 Å². The van der Waals surface area contributed by atoms with Crippen molar-refractivity contribution < 1.29 is 28.7 Å². The molecule has 2 fully saturated rings. The van der Waals surface area contributed by atoms with Crippen molar-refractivity contribution in [2.45, 2.75) is 88.3 Å². The molecule has 0 bridgehead atoms. The monoisotopic (exact) mass is 733 g/mol. The van der Waals surface area contributed by atoms with Crippen LogP contribution in [0.1, 0.15) is 92.3 Å². The lowest BCUT2D eigenvalue weighted by molar-refractivity contribution is -0.164. The Morgan fingerprint density at radius 2 is 1.45 bits per heavy atom. The van der Waals surface area contributed by atoms with Gasteiger partial charge in [-0.15, -0.1) is 0 Å². The summed E-state index contributed by atoms with van der Waals surface area (Å²) in [7, 11) is 1.55. The molecule has 2 heterocycles. The highest BCUT2D eigenvalue weighted by atomic mass is 32.1. The average Bonchev–Trinajstić information content (AvgIpc) is 3.61. The number of ether oxygens (including phenoxy) is 2. The first-order chi connectivity index (χ1) is 23.5. The number of carbonyl (C=O) groups excluding carboxylic acids is 4. The van der Waals surface area contributed by atoms with Crippen LogP contribution in [-0.2, 0) is 24.5 Å². The fourth-order valence-corrected chi connectivity index (χ4v) is 7.89. The molecule has 0 spiro atoms. The van der Waals surface area contributed by atoms with Crippen molar-refractivity contribution in [2.24, 2.45) is 0 Å². The van der Waals surface area contributed by atoms with Gasteiger partial charge in [0.15, 0.2) is 0 Å². The van der Waals surface area contributed by atoms with E-state index in [0.717, 1.165) is 23.1 Å². The summed E-state index contributed by atoms with van der Waals surface area (Å²) in [5.41, 5.74) is 1.33. The van der Waals surface area contributed by atoms with Crippen LogP contribution in [0.15, 0.2) is 78.9 Å². The van der Waals surface area contributed by atoms with E-state index in [4.69, 9.17) is 9.47 Å². The fraction of sp³-hybridized carbons (Fsp3) is 0.450. The standard InChI is InChI=1S/C40H47N3O6.2H2S/c1-39(2,3)49-37(46)33-18-12-24-43(33)38(47)40(27-13-6-5-7-14-27)23-20-30(29-15-8-10-17-32(29)40)36(45)42-25-21-28(22-26-42)41-35(44)31-16-9-11-19-34(31)48-4;;/h5-11,13-17,19,28,30,33H,12,18,20-26H2,1-4H3,(H,41,44);2*1H2/t30-,33-,40+;;/m0../s1. The summed E-state index contributed by atoms with van der Waals surface area (Å²) in [5, 5.41) is 3.12. The molecule has 9 nitrogen and oxygen atoms in total. The lowest BCUT2D eigenvalue weighted by Crippen LogP contribution is -2.54. The Kier molecular flexibility index (Phi) is 13.0. The molecule has 0 saturated carbocycles. The number of hydrogen-bond donors (Lipinski definition) is 1. The van der Waals surface area contributed by atoms with Crippen molar-refractivity contribution in [1.29, 1.82) is 0 Å². The molecule has 3 atom stereocenters. The second-order valence-corrected chi connectivity index (χ2v) is 14.4. The number of methoxy groups -OCH3 is 1. The van der Waals surface area contributed by atoms with E-state index in [2.05, 4.69) is 5.32 Å². The third-order valence-electron chi connectivity index (χ3n) is 10.2. The Labute approximate surface area is 315 Å². The van der Waals surface area contributed by atoms with Gasteiger partial charge < -0.3 is 24.6 Å². The van der Waals surface area contributed by atoms with Crippen molar-refractivity contribution in [3.63, 3.8) is 0 Å². The summed E-state index contributed by atoms with van der Waals surface area (Å²) < 4.78 is 11.1. The summed E-state index contributed by atoms with van der Waals surface area (Å²) in [6.45, 7) is 7.06. The lowest BCUT2D eigenvalue weighted by atomic mass is 9.62. The van der Waals surface area contributed by atoms with Crippen LogP contribution in [0.3, 0.4) is 0 Å². The van der Waals surface area contributed by atoms with Crippen LogP contribution in [0, 0.1) is 0 Å². The van der Waals surface area contributed by atoms with Crippen LogP contribution in [-0.4, -0.2) is 77.9 Å². The van der Waals surface area contributed by atoms with Crippen LogP contribution in [0.2, 0.25) is 0 Å². The molecule has 6 rings (SSSR count). The second-order valence-electron chi connectivity index (χ2n) is 14.4. The maximum absolute atomic E-state index is 15.0. The summed E-state index contributed by atoms with van der Waals surface area (Å²) in [4.78, 5) is 59.2. The van der Waals surface area contributed by atoms with Gasteiger partial charge in [0.25, 0.3) is 5.91 Å². The number of nitrogens with one attached hydrogen (secondary N) is 1. The Morgan fingerprint density at radius 1 is 0.804 bits per heavy atom. The summed E-state index contributed by atoms with van der Waals surface area (Å²) in [6.07, 6.45) is 3.50. The number of nitrogens with zero attached hydrogens (tertiary/aromatic N) is 2. The van der Waals surface area contributed by atoms with Gasteiger partial charge in [-0.1, -0.05) is 66.7 Å². The summed E-state index contributed by atoms with van der Waals surface area (Å²) in [5.74, 6) is -0.501. The molecule has 2 aliphatic heterocycles. The number of likely N-dealkylation sites (tertiary alicyclic amines) is 2. The highest BCUT2D eigenvalue weighted by Crippen LogP contribution is 2.49. The van der Waals surface area contributed by atoms with Gasteiger partial charge in [0.2, 0.25) is 11.8 Å². The number of fused-ring (bicyclic) bond motifs is 1. The second kappa shape index (κ2) is 16.6. The molecular formula is C40H51N3O6S2. The molecule has 1 aliphatic carbocycles. The van der Waals surface area contributed by atoms with Crippen molar-refractivity contribution in [2.75, 3.05) is 26.7 Å². The van der Waals surface area contributed by atoms with E-state index in [0.29, 0.717) is 63.1 Å². The topological polar surface area (TPSA) is 105 Å². The van der Waals surface area contributed by atoms with Crippen molar-refractivity contribution >= 4 is 50.7 Å². The number of hydrogen-bond acceptors (Lipinski definition) is 6. The number of rotatable bonds is 7. The Bertz CT molecular complexity index is 1710. The van der Waals surface area contributed by atoms with Gasteiger partial charge in [0.1, 0.15) is 17.4 Å². The van der Waals surface area contributed by atoms with Gasteiger partial charge in [-0.25, -0.2) is 4.79 Å². The minimum atomic E-state index is -1.05. The van der Waals surface area contributed by atoms with Crippen LogP contribution in [0.4, 0.5) is 0 Å². The zero-order valence-corrected chi connectivity index (χ0v) is 31.9. The third-order valence-corrected chi connectivity index (χ3v) is 10.2. The fourth-order valence-electron chi connectivity index (χ4n) is 7.89. The predicted molar refractivity (Wildman–Crippen MR) is 207 cm³/mol. The van der Waals surface area contributed by atoms with E-state index >= 15 is 0 Å². The number of esters is 1. The predicted octanol–water partition coefficient (Wildman–Crippen LogP) is 5.84. The van der Waals surface area contributed by atoms with Gasteiger partial charge in [0, 0.05) is 25.7 Å². The molecule has 1 N–H and O–H groups in total. The van der Waals surface area contributed by atoms with E-state index in [1.165, 1.54) is 0 Å². The molecule has 51 heavy (non-hydrogen) atoms. The zero-order chi connectivity index (χ0) is 34.8. The minimum Gasteiger partial charge on any atom is -0.496 e. The molecule has 0 unspecified atom stereocenters. The minimum absolute atomic E-state index is 0. The largest absolute Gasteiger partial charge is 0.496 e. The highest BCUT2D eigenvalue weighted by Gasteiger charge is 2.53. The molecule has 3 aromatic carbocycles. The average molecular weight is 734 g/mol. The Balaban J connectivity index is 0.00000292. The zero-order valence-electron chi connectivity index (χ0n) is 29.9. The molecule has 274 valence electrons. The van der Waals surface area contributed by atoms with Gasteiger partial charge in [-0.05, 0) is 88.1 Å². The van der Waals surface area contributed by atoms with E-state index in [1.54, 1.807) is 24.1 Å². The summed E-state index contributed by atoms with van der Waals surface area (Å²) >= 11 is 0. The number of carbonyl (C=O) groups is 4. The van der Waals surface area contributed by atoms with E-state index in [1.807, 2.05) is 92.4 Å². The number of para-hydroxylation sites is 1. The quantitative estimate of drug-likeness (QED) is 0.306. The molecular weight excluding hydrogens is 683 g/mol. The maximum Gasteiger partial charge on any atom is 0.329 e. The number of piperidine rings is 1. The SMILES string of the molecule is COc1ccccc1C(=O)NC1CCN(C(=O)[C@H]2CC[C@@](C(=O)N3CCC[C@H]3C(=O)OC(C)(C)C)(c3ccccc3)c3ccccc32)CC1.S.S. The van der Waals surface area contributed by atoms with Crippen LogP contribution in [0.5, 0.6) is 5.75 Å². The molecule has 0 radical (unpaired) electrons. The van der Waals surface area contributed by atoms with Gasteiger partial charge in [-0.2, -0.15) is 27.0 Å². The Hall–Kier alpha value is -3.96. The van der Waals surface area contributed by atoms with E-state index in [-0.39, 0.29) is 56.7 Å². The molecule has 2 saturated heterocycles. The van der Waals surface area contributed by atoms with Crippen molar-refractivity contribution in [3.8, 4) is 5.75 Å². The smallest absolute Gasteiger partial charge is 0.329 e. The highest BCUT2D eigenvalue weighted by molar-refractivity contribution is 7.59. The first kappa shape index (κ1) is 39.8. The maximum atomic E-state index is 15.0. The molecule has 11 heteroatoms. The van der Waals surface area contributed by atoms with Gasteiger partial charge >= 0.3 is 5.97 Å². The Morgan fingerprint density at radius 3 is 2.14 bits per heavy atom. The molecule has 3 amide bonds. The van der Waals surface area contributed by atoms with Gasteiger partial charge in [0.05, 0.1) is 24.0 Å². The lowest BCUT2D eigenvalue weighted by Gasteiger charge is -2.45. The molecule has 3 aromatic rings. The summed E-state index contributed by atoms with van der Waals surface area (Å²) in [6, 6.07) is 24.1. The van der Waals surface area contributed by atoms with Crippen LogP contribution < -0.4 is 10.1 Å². The van der Waals surface area contributed by atoms with Crippen molar-refractivity contribution in [1.82, 2.24) is 15.1 Å². The first-order valence-corrected chi connectivity index (χ1v) is 17.4. The van der Waals surface area contributed by atoms with Gasteiger partial charge in [-0.3, -0.25) is 14.4 Å².